The van der Waals surface area contributed by atoms with Gasteiger partial charge < -0.3 is 10.0 Å². The van der Waals surface area contributed by atoms with E-state index in [1.54, 1.807) is 6.20 Å². The lowest BCUT2D eigenvalue weighted by Crippen LogP contribution is -2.22. The standard InChI is InChI=1S/C13H22BrN3O/c1-16(2)7-8-17-12(11(14)9-15-17)13(18)10-5-3-4-6-10/h9-10,13,18H,3-8H2,1-2H3. The van der Waals surface area contributed by atoms with Crippen LogP contribution in [0.25, 0.3) is 0 Å². The molecule has 1 fully saturated rings. The highest BCUT2D eigenvalue weighted by atomic mass is 79.9. The molecule has 5 heteroatoms. The Morgan fingerprint density at radius 2 is 2.17 bits per heavy atom. The number of aliphatic hydroxyl groups excluding tert-OH is 1. The minimum Gasteiger partial charge on any atom is -0.386 e. The second-order valence-electron chi connectivity index (χ2n) is 5.39. The molecule has 102 valence electrons. The molecule has 1 saturated carbocycles. The Morgan fingerprint density at radius 3 is 2.78 bits per heavy atom. The maximum Gasteiger partial charge on any atom is 0.0996 e. The Bertz CT molecular complexity index is 386. The third-order valence-corrected chi connectivity index (χ3v) is 4.33. The van der Waals surface area contributed by atoms with E-state index in [0.29, 0.717) is 5.92 Å². The van der Waals surface area contributed by atoms with Crippen molar-refractivity contribution >= 4 is 15.9 Å². The molecule has 18 heavy (non-hydrogen) atoms. The van der Waals surface area contributed by atoms with Crippen molar-refractivity contribution in [3.63, 3.8) is 0 Å². The van der Waals surface area contributed by atoms with E-state index in [0.717, 1.165) is 36.1 Å². The largest absolute Gasteiger partial charge is 0.386 e. The van der Waals surface area contributed by atoms with E-state index < -0.39 is 0 Å². The first kappa shape index (κ1) is 14.0. The second-order valence-corrected chi connectivity index (χ2v) is 6.25. The number of aliphatic hydroxyl groups is 1. The van der Waals surface area contributed by atoms with Gasteiger partial charge in [-0.25, -0.2) is 0 Å². The van der Waals surface area contributed by atoms with Crippen LogP contribution in [0, 0.1) is 5.92 Å². The molecule has 4 nitrogen and oxygen atoms in total. The van der Waals surface area contributed by atoms with Gasteiger partial charge in [0.2, 0.25) is 0 Å². The molecule has 0 radical (unpaired) electrons. The third kappa shape index (κ3) is 3.13. The Kier molecular flexibility index (Phi) is 4.81. The lowest BCUT2D eigenvalue weighted by atomic mass is 9.98. The van der Waals surface area contributed by atoms with Crippen molar-refractivity contribution in [2.75, 3.05) is 20.6 Å². The molecule has 0 aliphatic heterocycles. The molecular formula is C13H22BrN3O. The number of hydrogen-bond acceptors (Lipinski definition) is 3. The van der Waals surface area contributed by atoms with Gasteiger partial charge in [-0.15, -0.1) is 0 Å². The van der Waals surface area contributed by atoms with Crippen molar-refractivity contribution in [2.45, 2.75) is 38.3 Å². The zero-order chi connectivity index (χ0) is 13.1. The molecular weight excluding hydrogens is 294 g/mol. The van der Waals surface area contributed by atoms with Crippen LogP contribution in [0.4, 0.5) is 0 Å². The second kappa shape index (κ2) is 6.17. The van der Waals surface area contributed by atoms with Gasteiger partial charge in [0.05, 0.1) is 29.0 Å². The lowest BCUT2D eigenvalue weighted by molar-refractivity contribution is 0.101. The van der Waals surface area contributed by atoms with E-state index in [9.17, 15) is 5.11 Å². The molecule has 1 aromatic rings. The van der Waals surface area contributed by atoms with Crippen molar-refractivity contribution < 1.29 is 5.11 Å². The summed E-state index contributed by atoms with van der Waals surface area (Å²) in [7, 11) is 4.09. The molecule has 0 spiro atoms. The van der Waals surface area contributed by atoms with Gasteiger partial charge in [0.25, 0.3) is 0 Å². The number of likely N-dealkylation sites (N-methyl/N-ethyl adjacent to an activating group) is 1. The number of nitrogens with zero attached hydrogens (tertiary/aromatic N) is 3. The van der Waals surface area contributed by atoms with Crippen molar-refractivity contribution in [2.24, 2.45) is 5.92 Å². The number of rotatable bonds is 5. The smallest absolute Gasteiger partial charge is 0.0996 e. The minimum atomic E-state index is -0.383. The highest BCUT2D eigenvalue weighted by Crippen LogP contribution is 2.37. The molecule has 0 bridgehead atoms. The molecule has 1 atom stereocenters. The highest BCUT2D eigenvalue weighted by molar-refractivity contribution is 9.10. The average molecular weight is 316 g/mol. The summed E-state index contributed by atoms with van der Waals surface area (Å²) in [5.74, 6) is 0.399. The molecule has 1 unspecified atom stereocenters. The Balaban J connectivity index is 2.12. The topological polar surface area (TPSA) is 41.3 Å². The summed E-state index contributed by atoms with van der Waals surface area (Å²) in [5.41, 5.74) is 0.948. The molecule has 1 heterocycles. The summed E-state index contributed by atoms with van der Waals surface area (Å²) < 4.78 is 2.87. The van der Waals surface area contributed by atoms with Gasteiger partial charge in [-0.2, -0.15) is 5.10 Å². The van der Waals surface area contributed by atoms with E-state index >= 15 is 0 Å². The van der Waals surface area contributed by atoms with Crippen LogP contribution >= 0.6 is 15.9 Å². The lowest BCUT2D eigenvalue weighted by Gasteiger charge is -2.20. The zero-order valence-corrected chi connectivity index (χ0v) is 12.7. The Hall–Kier alpha value is -0.390. The molecule has 0 saturated heterocycles. The molecule has 0 amide bonds. The van der Waals surface area contributed by atoms with Gasteiger partial charge in [0, 0.05) is 6.54 Å². The molecule has 1 N–H and O–H groups in total. The SMILES string of the molecule is CN(C)CCn1ncc(Br)c1C(O)C1CCCC1. The van der Waals surface area contributed by atoms with Crippen molar-refractivity contribution in [3.8, 4) is 0 Å². The van der Waals surface area contributed by atoms with Crippen molar-refractivity contribution in [1.82, 2.24) is 14.7 Å². The maximum atomic E-state index is 10.5. The molecule has 1 aliphatic rings. The summed E-state index contributed by atoms with van der Waals surface area (Å²) in [5, 5.41) is 14.9. The summed E-state index contributed by atoms with van der Waals surface area (Å²) >= 11 is 3.51. The fraction of sp³-hybridized carbons (Fsp3) is 0.769. The first-order valence-corrected chi connectivity index (χ1v) is 7.43. The number of halogens is 1. The first-order valence-electron chi connectivity index (χ1n) is 6.63. The molecule has 1 aliphatic carbocycles. The van der Waals surface area contributed by atoms with E-state index in [1.165, 1.54) is 12.8 Å². The van der Waals surface area contributed by atoms with Gasteiger partial charge in [-0.05, 0) is 48.8 Å². The fourth-order valence-electron chi connectivity index (χ4n) is 2.64. The van der Waals surface area contributed by atoms with Crippen LogP contribution in [0.15, 0.2) is 10.7 Å². The summed E-state index contributed by atoms with van der Waals surface area (Å²) in [4.78, 5) is 2.13. The number of hydrogen-bond donors (Lipinski definition) is 1. The van der Waals surface area contributed by atoms with Gasteiger partial charge in [0.15, 0.2) is 0 Å². The minimum absolute atomic E-state index is 0.383. The van der Waals surface area contributed by atoms with E-state index in [4.69, 9.17) is 0 Å². The molecule has 0 aromatic carbocycles. The highest BCUT2D eigenvalue weighted by Gasteiger charge is 2.28. The fourth-order valence-corrected chi connectivity index (χ4v) is 3.17. The van der Waals surface area contributed by atoms with Crippen LogP contribution in [0.1, 0.15) is 37.5 Å². The summed E-state index contributed by atoms with van der Waals surface area (Å²) in [6.45, 7) is 1.75. The van der Waals surface area contributed by atoms with Crippen LogP contribution in [0.5, 0.6) is 0 Å². The summed E-state index contributed by atoms with van der Waals surface area (Å²) in [6, 6.07) is 0. The van der Waals surface area contributed by atoms with Crippen LogP contribution in [0.3, 0.4) is 0 Å². The van der Waals surface area contributed by atoms with Crippen LogP contribution in [-0.4, -0.2) is 40.4 Å². The first-order chi connectivity index (χ1) is 8.59. The normalized spacial score (nSPS) is 18.7. The predicted molar refractivity (Wildman–Crippen MR) is 75.4 cm³/mol. The van der Waals surface area contributed by atoms with Gasteiger partial charge in [0.1, 0.15) is 0 Å². The molecule has 1 aromatic heterocycles. The van der Waals surface area contributed by atoms with Crippen LogP contribution < -0.4 is 0 Å². The van der Waals surface area contributed by atoms with Gasteiger partial charge in [-0.1, -0.05) is 12.8 Å². The quantitative estimate of drug-likeness (QED) is 0.907. The Labute approximate surface area is 117 Å². The van der Waals surface area contributed by atoms with Crippen molar-refractivity contribution in [1.29, 1.82) is 0 Å². The zero-order valence-electron chi connectivity index (χ0n) is 11.1. The van der Waals surface area contributed by atoms with Crippen LogP contribution in [-0.2, 0) is 6.54 Å². The Morgan fingerprint density at radius 1 is 1.50 bits per heavy atom. The van der Waals surface area contributed by atoms with Crippen LogP contribution in [0.2, 0.25) is 0 Å². The molecule has 2 rings (SSSR count). The summed E-state index contributed by atoms with van der Waals surface area (Å²) in [6.07, 6.45) is 6.16. The van der Waals surface area contributed by atoms with Gasteiger partial charge >= 0.3 is 0 Å². The maximum absolute atomic E-state index is 10.5. The monoisotopic (exact) mass is 315 g/mol. The van der Waals surface area contributed by atoms with E-state index in [-0.39, 0.29) is 6.10 Å². The van der Waals surface area contributed by atoms with E-state index in [2.05, 4.69) is 25.9 Å². The predicted octanol–water partition coefficient (Wildman–Crippen LogP) is 2.43. The van der Waals surface area contributed by atoms with E-state index in [1.807, 2.05) is 18.8 Å². The number of aromatic nitrogens is 2. The van der Waals surface area contributed by atoms with Crippen molar-refractivity contribution in [3.05, 3.63) is 16.4 Å². The third-order valence-electron chi connectivity index (χ3n) is 3.72. The van der Waals surface area contributed by atoms with Gasteiger partial charge in [-0.3, -0.25) is 4.68 Å². The average Bonchev–Trinajstić information content (AvgIpc) is 2.94.